The first-order valence-corrected chi connectivity index (χ1v) is 12.8. The Morgan fingerprint density at radius 1 is 0.974 bits per heavy atom. The van der Waals surface area contributed by atoms with Gasteiger partial charge >= 0.3 is 0 Å². The zero-order chi connectivity index (χ0) is 27.7. The smallest absolute Gasteiger partial charge is 0.273 e. The highest BCUT2D eigenvalue weighted by Gasteiger charge is 2.16. The third-order valence-electron chi connectivity index (χ3n) is 5.39. The summed E-state index contributed by atoms with van der Waals surface area (Å²) in [4.78, 5) is 27.7. The average molecular weight is 585 g/mol. The standard InChI is InChI=1S/C28H30BrFN4O4/c1-18(35)15-34(16-19(2)36)17-21-3-7-22(8-4-21)27(37)32-26-12-9-23(29)13-25(26)28(38)33-31-14-20-5-10-24(30)11-6-20/h3-14,18-19,35-36H,15-17H2,1-2H3,(H,32,37)(H,33,38)/b31-14+. The number of nitrogens with zero attached hydrogens (tertiary/aromatic N) is 2. The van der Waals surface area contributed by atoms with Crippen molar-refractivity contribution >= 4 is 39.6 Å². The molecule has 3 rings (SSSR count). The molecule has 3 aromatic carbocycles. The van der Waals surface area contributed by atoms with Crippen LogP contribution in [0.3, 0.4) is 0 Å². The van der Waals surface area contributed by atoms with Crippen LogP contribution in [-0.2, 0) is 6.54 Å². The lowest BCUT2D eigenvalue weighted by atomic mass is 10.1. The molecular formula is C28H30BrFN4O4. The van der Waals surface area contributed by atoms with Gasteiger partial charge in [0.15, 0.2) is 0 Å². The number of amides is 2. The molecule has 0 bridgehead atoms. The van der Waals surface area contributed by atoms with E-state index in [1.807, 2.05) is 17.0 Å². The summed E-state index contributed by atoms with van der Waals surface area (Å²) in [6.45, 7) is 4.71. The Bertz CT molecular complexity index is 1250. The summed E-state index contributed by atoms with van der Waals surface area (Å²) in [7, 11) is 0. The first kappa shape index (κ1) is 29.1. The molecule has 200 valence electrons. The molecule has 0 aliphatic carbocycles. The van der Waals surface area contributed by atoms with Crippen molar-refractivity contribution in [2.24, 2.45) is 5.10 Å². The molecule has 0 saturated heterocycles. The zero-order valence-electron chi connectivity index (χ0n) is 21.1. The molecule has 0 aromatic heterocycles. The summed E-state index contributed by atoms with van der Waals surface area (Å²) in [6.07, 6.45) is 0.313. The van der Waals surface area contributed by atoms with Crippen LogP contribution < -0.4 is 10.7 Å². The molecule has 0 spiro atoms. The van der Waals surface area contributed by atoms with Gasteiger partial charge in [0.05, 0.1) is 29.7 Å². The molecule has 0 saturated carbocycles. The molecule has 2 unspecified atom stereocenters. The Kier molecular flexibility index (Phi) is 10.7. The highest BCUT2D eigenvalue weighted by Crippen LogP contribution is 2.22. The number of hydrogen-bond donors (Lipinski definition) is 4. The number of rotatable bonds is 11. The maximum atomic E-state index is 13.0. The summed E-state index contributed by atoms with van der Waals surface area (Å²) in [5.41, 5.74) is 4.85. The second-order valence-electron chi connectivity index (χ2n) is 8.98. The maximum Gasteiger partial charge on any atom is 0.273 e. The summed E-state index contributed by atoms with van der Waals surface area (Å²) in [5.74, 6) is -1.30. The van der Waals surface area contributed by atoms with Crippen LogP contribution in [0.5, 0.6) is 0 Å². The van der Waals surface area contributed by atoms with Gasteiger partial charge in [-0.25, -0.2) is 9.82 Å². The predicted octanol–water partition coefficient (Wildman–Crippen LogP) is 4.17. The third kappa shape index (κ3) is 9.14. The van der Waals surface area contributed by atoms with E-state index >= 15 is 0 Å². The molecule has 0 aliphatic rings. The van der Waals surface area contributed by atoms with Gasteiger partial charge in [0.2, 0.25) is 0 Å². The first-order valence-electron chi connectivity index (χ1n) is 12.0. The number of anilines is 1. The van der Waals surface area contributed by atoms with Crippen molar-refractivity contribution < 1.29 is 24.2 Å². The molecular weight excluding hydrogens is 555 g/mol. The highest BCUT2D eigenvalue weighted by atomic mass is 79.9. The Balaban J connectivity index is 1.67. The summed E-state index contributed by atoms with van der Waals surface area (Å²) in [5, 5.41) is 26.1. The molecule has 3 aromatic rings. The van der Waals surface area contributed by atoms with E-state index in [1.54, 1.807) is 44.2 Å². The van der Waals surface area contributed by atoms with Crippen LogP contribution in [0.4, 0.5) is 10.1 Å². The van der Waals surface area contributed by atoms with E-state index in [9.17, 15) is 24.2 Å². The van der Waals surface area contributed by atoms with Crippen LogP contribution in [0.1, 0.15) is 45.7 Å². The fourth-order valence-corrected chi connectivity index (χ4v) is 4.11. The van der Waals surface area contributed by atoms with Crippen molar-refractivity contribution in [3.8, 4) is 0 Å². The van der Waals surface area contributed by atoms with Gasteiger partial charge in [-0.3, -0.25) is 14.5 Å². The Hall–Kier alpha value is -3.44. The van der Waals surface area contributed by atoms with Gasteiger partial charge in [-0.2, -0.15) is 5.10 Å². The summed E-state index contributed by atoms with van der Waals surface area (Å²) >= 11 is 3.34. The van der Waals surface area contributed by atoms with E-state index < -0.39 is 24.0 Å². The van der Waals surface area contributed by atoms with Crippen LogP contribution in [0, 0.1) is 5.82 Å². The van der Waals surface area contributed by atoms with E-state index in [4.69, 9.17) is 0 Å². The van der Waals surface area contributed by atoms with E-state index in [1.165, 1.54) is 30.5 Å². The number of hydrogen-bond acceptors (Lipinski definition) is 6. The van der Waals surface area contributed by atoms with Gasteiger partial charge in [0.25, 0.3) is 11.8 Å². The van der Waals surface area contributed by atoms with Crippen LogP contribution >= 0.6 is 15.9 Å². The minimum absolute atomic E-state index is 0.201. The van der Waals surface area contributed by atoms with Crippen LogP contribution in [0.2, 0.25) is 0 Å². The second-order valence-corrected chi connectivity index (χ2v) is 9.90. The number of halogens is 2. The van der Waals surface area contributed by atoms with E-state index in [-0.39, 0.29) is 11.4 Å². The molecule has 2 atom stereocenters. The van der Waals surface area contributed by atoms with Crippen LogP contribution in [-0.4, -0.2) is 58.4 Å². The first-order chi connectivity index (χ1) is 18.1. The predicted molar refractivity (Wildman–Crippen MR) is 149 cm³/mol. The Morgan fingerprint density at radius 3 is 2.21 bits per heavy atom. The van der Waals surface area contributed by atoms with Gasteiger partial charge in [-0.1, -0.05) is 40.2 Å². The van der Waals surface area contributed by atoms with Gasteiger partial charge in [-0.15, -0.1) is 0 Å². The lowest BCUT2D eigenvalue weighted by Gasteiger charge is -2.25. The molecule has 0 fully saturated rings. The number of aliphatic hydroxyl groups is 2. The zero-order valence-corrected chi connectivity index (χ0v) is 22.7. The molecule has 4 N–H and O–H groups in total. The number of hydrazone groups is 1. The monoisotopic (exact) mass is 584 g/mol. The SMILES string of the molecule is CC(O)CN(Cc1ccc(C(=O)Nc2ccc(Br)cc2C(=O)N/N=C/c2ccc(F)cc2)cc1)CC(C)O. The van der Waals surface area contributed by atoms with Crippen molar-refractivity contribution in [1.82, 2.24) is 10.3 Å². The van der Waals surface area contributed by atoms with Gasteiger partial charge in [-0.05, 0) is 67.4 Å². The molecule has 10 heteroatoms. The Labute approximate surface area is 229 Å². The lowest BCUT2D eigenvalue weighted by Crippen LogP contribution is -2.35. The number of carbonyl (C=O) groups excluding carboxylic acids is 2. The summed E-state index contributed by atoms with van der Waals surface area (Å²) in [6, 6.07) is 17.5. The topological polar surface area (TPSA) is 114 Å². The average Bonchev–Trinajstić information content (AvgIpc) is 2.85. The minimum Gasteiger partial charge on any atom is -0.392 e. The van der Waals surface area contributed by atoms with Crippen molar-refractivity contribution in [1.29, 1.82) is 0 Å². The normalized spacial score (nSPS) is 12.9. The van der Waals surface area contributed by atoms with Gasteiger partial charge in [0.1, 0.15) is 5.82 Å². The molecule has 0 heterocycles. The fourth-order valence-electron chi connectivity index (χ4n) is 3.75. The number of benzene rings is 3. The molecule has 2 amide bonds. The molecule has 8 nitrogen and oxygen atoms in total. The molecule has 38 heavy (non-hydrogen) atoms. The number of carbonyl (C=O) groups is 2. The summed E-state index contributed by atoms with van der Waals surface area (Å²) < 4.78 is 13.7. The van der Waals surface area contributed by atoms with Crippen molar-refractivity contribution in [2.45, 2.75) is 32.6 Å². The number of nitrogens with one attached hydrogen (secondary N) is 2. The van der Waals surface area contributed by atoms with Crippen molar-refractivity contribution in [2.75, 3.05) is 18.4 Å². The lowest BCUT2D eigenvalue weighted by molar-refractivity contribution is 0.0794. The molecule has 0 aliphatic heterocycles. The quantitative estimate of drug-likeness (QED) is 0.199. The highest BCUT2D eigenvalue weighted by molar-refractivity contribution is 9.10. The molecule has 0 radical (unpaired) electrons. The fraction of sp³-hybridized carbons (Fsp3) is 0.250. The Morgan fingerprint density at radius 2 is 1.61 bits per heavy atom. The minimum atomic E-state index is -0.537. The largest absolute Gasteiger partial charge is 0.392 e. The van der Waals surface area contributed by atoms with Crippen molar-refractivity contribution in [3.63, 3.8) is 0 Å². The van der Waals surface area contributed by atoms with E-state index in [0.717, 1.165) is 5.56 Å². The van der Waals surface area contributed by atoms with Crippen molar-refractivity contribution in [3.05, 3.63) is 99.3 Å². The number of aliphatic hydroxyl groups excluding tert-OH is 2. The van der Waals surface area contributed by atoms with Crippen LogP contribution in [0.25, 0.3) is 0 Å². The van der Waals surface area contributed by atoms with E-state index in [0.29, 0.717) is 40.9 Å². The maximum absolute atomic E-state index is 13.0. The second kappa shape index (κ2) is 13.9. The van der Waals surface area contributed by atoms with E-state index in [2.05, 4.69) is 31.8 Å². The van der Waals surface area contributed by atoms with Gasteiger partial charge < -0.3 is 15.5 Å². The van der Waals surface area contributed by atoms with Crippen LogP contribution in [0.15, 0.2) is 76.3 Å². The van der Waals surface area contributed by atoms with Gasteiger partial charge in [0, 0.05) is 29.7 Å². The third-order valence-corrected chi connectivity index (χ3v) is 5.88.